The van der Waals surface area contributed by atoms with Gasteiger partial charge in [-0.1, -0.05) is 23.2 Å². The molecule has 1 aromatic rings. The van der Waals surface area contributed by atoms with Gasteiger partial charge in [0, 0.05) is 12.6 Å². The number of amides is 1. The second-order valence-corrected chi connectivity index (χ2v) is 7.41. The van der Waals surface area contributed by atoms with E-state index in [1.54, 1.807) is 6.92 Å². The van der Waals surface area contributed by atoms with E-state index in [9.17, 15) is 13.2 Å². The van der Waals surface area contributed by atoms with Crippen molar-refractivity contribution < 1.29 is 13.2 Å². The first-order chi connectivity index (χ1) is 8.80. The minimum absolute atomic E-state index is 0.0260. The minimum Gasteiger partial charge on any atom is -0.334 e. The predicted molar refractivity (Wildman–Crippen MR) is 73.4 cm³/mol. The molecule has 1 fully saturated rings. The molecule has 1 saturated heterocycles. The molecule has 2 heterocycles. The van der Waals surface area contributed by atoms with Crippen LogP contribution in [0.2, 0.25) is 10.3 Å². The zero-order chi connectivity index (χ0) is 14.2. The van der Waals surface area contributed by atoms with Crippen LogP contribution in [0.5, 0.6) is 0 Å². The van der Waals surface area contributed by atoms with E-state index in [0.717, 1.165) is 0 Å². The lowest BCUT2D eigenvalue weighted by Gasteiger charge is -2.33. The fourth-order valence-electron chi connectivity index (χ4n) is 2.03. The zero-order valence-corrected chi connectivity index (χ0v) is 12.5. The summed E-state index contributed by atoms with van der Waals surface area (Å²) in [6.07, 6.45) is 0. The number of nitrogens with zero attached hydrogens (tertiary/aromatic N) is 2. The molecular formula is C11H12Cl2N2O3S. The Balaban J connectivity index is 2.25. The van der Waals surface area contributed by atoms with E-state index < -0.39 is 9.84 Å². The summed E-state index contributed by atoms with van der Waals surface area (Å²) in [5.41, 5.74) is 0.234. The number of rotatable bonds is 1. The van der Waals surface area contributed by atoms with Crippen molar-refractivity contribution in [3.05, 3.63) is 28.0 Å². The summed E-state index contributed by atoms with van der Waals surface area (Å²) >= 11 is 11.6. The maximum atomic E-state index is 12.3. The number of sulfone groups is 1. The molecule has 1 aromatic heterocycles. The summed E-state index contributed by atoms with van der Waals surface area (Å²) in [5, 5.41) is 0.231. The number of carbonyl (C=O) groups is 1. The molecule has 1 amide bonds. The Morgan fingerprint density at radius 3 is 2.68 bits per heavy atom. The van der Waals surface area contributed by atoms with Crippen LogP contribution >= 0.6 is 23.2 Å². The van der Waals surface area contributed by atoms with Crippen molar-refractivity contribution in [1.29, 1.82) is 0 Å². The van der Waals surface area contributed by atoms with Crippen LogP contribution < -0.4 is 0 Å². The van der Waals surface area contributed by atoms with Crippen molar-refractivity contribution in [2.75, 3.05) is 18.1 Å². The molecule has 1 atom stereocenters. The number of pyridine rings is 1. The van der Waals surface area contributed by atoms with Crippen LogP contribution in [0.1, 0.15) is 17.3 Å². The normalized spacial score (nSPS) is 22.3. The second-order valence-electron chi connectivity index (χ2n) is 4.43. The molecule has 0 aliphatic carbocycles. The van der Waals surface area contributed by atoms with E-state index in [1.807, 2.05) is 0 Å². The smallest absolute Gasteiger partial charge is 0.257 e. The molecule has 2 rings (SSSR count). The third-order valence-corrected chi connectivity index (χ3v) is 5.27. The van der Waals surface area contributed by atoms with E-state index in [0.29, 0.717) is 0 Å². The van der Waals surface area contributed by atoms with E-state index in [2.05, 4.69) is 4.98 Å². The highest BCUT2D eigenvalue weighted by atomic mass is 35.5. The molecule has 0 N–H and O–H groups in total. The highest BCUT2D eigenvalue weighted by molar-refractivity contribution is 7.91. The van der Waals surface area contributed by atoms with Gasteiger partial charge in [-0.25, -0.2) is 13.4 Å². The highest BCUT2D eigenvalue weighted by Crippen LogP contribution is 2.21. The maximum Gasteiger partial charge on any atom is 0.257 e. The molecule has 0 radical (unpaired) electrons. The fraction of sp³-hybridized carbons (Fsp3) is 0.455. The van der Waals surface area contributed by atoms with Gasteiger partial charge in [0.2, 0.25) is 0 Å². The number of carbonyl (C=O) groups excluding carboxylic acids is 1. The van der Waals surface area contributed by atoms with Gasteiger partial charge in [0.15, 0.2) is 9.84 Å². The molecule has 8 heteroatoms. The van der Waals surface area contributed by atoms with Gasteiger partial charge in [-0.2, -0.15) is 0 Å². The van der Waals surface area contributed by atoms with Crippen LogP contribution in [-0.2, 0) is 9.84 Å². The van der Waals surface area contributed by atoms with Crippen molar-refractivity contribution in [1.82, 2.24) is 9.88 Å². The first kappa shape index (κ1) is 14.6. The molecule has 0 saturated carbocycles. The average molecular weight is 323 g/mol. The molecule has 1 aliphatic heterocycles. The second kappa shape index (κ2) is 5.26. The number of hydrogen-bond acceptors (Lipinski definition) is 4. The Bertz CT molecular complexity index is 618. The lowest BCUT2D eigenvalue weighted by molar-refractivity contribution is 0.0712. The summed E-state index contributed by atoms with van der Waals surface area (Å²) in [5.74, 6) is -0.379. The van der Waals surface area contributed by atoms with Gasteiger partial charge in [-0.05, 0) is 19.1 Å². The van der Waals surface area contributed by atoms with Gasteiger partial charge >= 0.3 is 0 Å². The third-order valence-electron chi connectivity index (χ3n) is 2.98. The number of halogens is 2. The molecule has 19 heavy (non-hydrogen) atoms. The molecule has 0 bridgehead atoms. The topological polar surface area (TPSA) is 67.3 Å². The van der Waals surface area contributed by atoms with Crippen molar-refractivity contribution >= 4 is 38.9 Å². The summed E-state index contributed by atoms with van der Waals surface area (Å²) in [6, 6.07) is 2.60. The Morgan fingerprint density at radius 1 is 1.42 bits per heavy atom. The van der Waals surface area contributed by atoms with Gasteiger partial charge in [-0.3, -0.25) is 4.79 Å². The van der Waals surface area contributed by atoms with Crippen LogP contribution in [0, 0.1) is 0 Å². The van der Waals surface area contributed by atoms with Gasteiger partial charge in [0.25, 0.3) is 5.91 Å². The Kier molecular flexibility index (Phi) is 4.03. The summed E-state index contributed by atoms with van der Waals surface area (Å²) in [6.45, 7) is 1.87. The highest BCUT2D eigenvalue weighted by Gasteiger charge is 2.32. The maximum absolute atomic E-state index is 12.3. The molecule has 1 unspecified atom stereocenters. The monoisotopic (exact) mass is 322 g/mol. The van der Waals surface area contributed by atoms with Crippen LogP contribution in [0.25, 0.3) is 0 Å². The lowest BCUT2D eigenvalue weighted by atomic mass is 10.2. The largest absolute Gasteiger partial charge is 0.334 e. The van der Waals surface area contributed by atoms with E-state index in [-0.39, 0.29) is 45.9 Å². The number of aromatic nitrogens is 1. The van der Waals surface area contributed by atoms with Crippen molar-refractivity contribution in [3.8, 4) is 0 Å². The molecule has 5 nitrogen and oxygen atoms in total. The Hall–Kier alpha value is -0.850. The average Bonchev–Trinajstić information content (AvgIpc) is 2.26. The van der Waals surface area contributed by atoms with Gasteiger partial charge in [-0.15, -0.1) is 0 Å². The van der Waals surface area contributed by atoms with Crippen molar-refractivity contribution in [3.63, 3.8) is 0 Å². The third kappa shape index (κ3) is 3.19. The molecule has 0 spiro atoms. The standard InChI is InChI=1S/C11H12Cl2N2O3S/c1-7-6-19(17,18)5-4-15(7)11(16)8-2-3-9(12)14-10(8)13/h2-3,7H,4-6H2,1H3. The van der Waals surface area contributed by atoms with E-state index >= 15 is 0 Å². The molecule has 0 aromatic carbocycles. The Labute approximate surface area is 121 Å². The first-order valence-corrected chi connectivity index (χ1v) is 8.21. The lowest BCUT2D eigenvalue weighted by Crippen LogP contribution is -2.49. The van der Waals surface area contributed by atoms with Crippen LogP contribution in [0.3, 0.4) is 0 Å². The van der Waals surface area contributed by atoms with Gasteiger partial charge in [0.1, 0.15) is 10.3 Å². The van der Waals surface area contributed by atoms with E-state index in [1.165, 1.54) is 17.0 Å². The van der Waals surface area contributed by atoms with Crippen LogP contribution in [-0.4, -0.2) is 48.3 Å². The van der Waals surface area contributed by atoms with Crippen LogP contribution in [0.15, 0.2) is 12.1 Å². The fourth-order valence-corrected chi connectivity index (χ4v) is 4.01. The number of hydrogen-bond donors (Lipinski definition) is 0. The van der Waals surface area contributed by atoms with Crippen molar-refractivity contribution in [2.45, 2.75) is 13.0 Å². The van der Waals surface area contributed by atoms with E-state index in [4.69, 9.17) is 23.2 Å². The Morgan fingerprint density at radius 2 is 2.11 bits per heavy atom. The van der Waals surface area contributed by atoms with Gasteiger partial charge in [0.05, 0.1) is 17.1 Å². The minimum atomic E-state index is -3.06. The quantitative estimate of drug-likeness (QED) is 0.737. The summed E-state index contributed by atoms with van der Waals surface area (Å²) < 4.78 is 23.0. The van der Waals surface area contributed by atoms with Crippen LogP contribution in [0.4, 0.5) is 0 Å². The SMILES string of the molecule is CC1CS(=O)(=O)CCN1C(=O)c1ccc(Cl)nc1Cl. The summed E-state index contributed by atoms with van der Waals surface area (Å²) in [4.78, 5) is 17.6. The predicted octanol–water partition coefficient (Wildman–Crippen LogP) is 1.65. The van der Waals surface area contributed by atoms with Gasteiger partial charge < -0.3 is 4.90 Å². The molecular weight excluding hydrogens is 311 g/mol. The summed E-state index contributed by atoms with van der Waals surface area (Å²) in [7, 11) is -3.06. The molecule has 1 aliphatic rings. The first-order valence-electron chi connectivity index (χ1n) is 5.63. The van der Waals surface area contributed by atoms with Crippen molar-refractivity contribution in [2.24, 2.45) is 0 Å². The zero-order valence-electron chi connectivity index (χ0n) is 10.1. The molecule has 104 valence electrons.